The number of ether oxygens (including phenoxy) is 3. The second-order valence-electron chi connectivity index (χ2n) is 11.4. The fourth-order valence-corrected chi connectivity index (χ4v) is 5.86. The number of likely N-dealkylation sites (tertiary alicyclic amines) is 1. The van der Waals surface area contributed by atoms with Crippen LogP contribution in [0.4, 0.5) is 0 Å². The van der Waals surface area contributed by atoms with E-state index in [0.29, 0.717) is 13.1 Å². The van der Waals surface area contributed by atoms with Gasteiger partial charge in [0.05, 0.1) is 36.0 Å². The Kier molecular flexibility index (Phi) is 8.38. The summed E-state index contributed by atoms with van der Waals surface area (Å²) >= 11 is 0. The first-order valence-electron chi connectivity index (χ1n) is 14.5. The van der Waals surface area contributed by atoms with Gasteiger partial charge in [0, 0.05) is 43.2 Å². The van der Waals surface area contributed by atoms with Crippen LogP contribution in [0.3, 0.4) is 0 Å². The van der Waals surface area contributed by atoms with Crippen molar-refractivity contribution >= 4 is 17.8 Å². The van der Waals surface area contributed by atoms with Crippen molar-refractivity contribution in [3.8, 4) is 0 Å². The highest BCUT2D eigenvalue weighted by atomic mass is 16.7. The van der Waals surface area contributed by atoms with E-state index in [0.717, 1.165) is 35.2 Å². The molecule has 3 N–H and O–H groups in total. The number of aliphatic hydroxyl groups is 2. The molecule has 3 aliphatic heterocycles. The number of benzene rings is 3. The fraction of sp³-hybridized carbons (Fsp3) is 0.364. The van der Waals surface area contributed by atoms with E-state index in [1.54, 1.807) is 0 Å². The summed E-state index contributed by atoms with van der Waals surface area (Å²) in [5.41, 5.74) is 4.04. The van der Waals surface area contributed by atoms with Crippen molar-refractivity contribution in [2.45, 2.75) is 51.1 Å². The van der Waals surface area contributed by atoms with E-state index in [1.165, 1.54) is 18.2 Å². The summed E-state index contributed by atoms with van der Waals surface area (Å²) in [5, 5.41) is 22.4. The van der Waals surface area contributed by atoms with Crippen LogP contribution in [0.25, 0.3) is 0 Å². The molecular formula is C33H34N2O8. The van der Waals surface area contributed by atoms with E-state index in [4.69, 9.17) is 9.47 Å². The number of aliphatic hydroxyl groups excluding tert-OH is 2. The molecule has 6 rings (SSSR count). The number of carbonyl (C=O) groups excluding carboxylic acids is 3. The van der Waals surface area contributed by atoms with Gasteiger partial charge >= 0.3 is 11.9 Å². The first-order valence-corrected chi connectivity index (χ1v) is 14.5. The van der Waals surface area contributed by atoms with Crippen LogP contribution in [-0.4, -0.2) is 64.8 Å². The molecule has 0 bridgehead atoms. The number of fused-ring (bicyclic) bond motifs is 1. The van der Waals surface area contributed by atoms with Gasteiger partial charge in [-0.15, -0.1) is 0 Å². The van der Waals surface area contributed by atoms with Gasteiger partial charge < -0.3 is 29.7 Å². The van der Waals surface area contributed by atoms with Crippen LogP contribution >= 0.6 is 0 Å². The van der Waals surface area contributed by atoms with Gasteiger partial charge in [-0.1, -0.05) is 55.5 Å². The van der Waals surface area contributed by atoms with Crippen molar-refractivity contribution in [1.29, 1.82) is 0 Å². The van der Waals surface area contributed by atoms with Crippen LogP contribution in [0.1, 0.15) is 79.1 Å². The van der Waals surface area contributed by atoms with Crippen molar-refractivity contribution in [2.24, 2.45) is 5.92 Å². The normalized spacial score (nSPS) is 25.4. The number of amides is 1. The molecule has 0 radical (unpaired) electrons. The van der Waals surface area contributed by atoms with E-state index in [9.17, 15) is 24.6 Å². The number of nitrogens with zero attached hydrogens (tertiary/aromatic N) is 1. The molecule has 10 heteroatoms. The number of nitrogens with one attached hydrogen (secondary N) is 1. The Morgan fingerprint density at radius 1 is 0.930 bits per heavy atom. The number of hydrogen-bond donors (Lipinski definition) is 3. The van der Waals surface area contributed by atoms with Gasteiger partial charge in [0.25, 0.3) is 5.91 Å². The van der Waals surface area contributed by atoms with Crippen molar-refractivity contribution < 1.29 is 38.8 Å². The van der Waals surface area contributed by atoms with E-state index < -0.39 is 18.2 Å². The Hall–Kier alpha value is -3.93. The molecule has 0 aromatic heterocycles. The zero-order valence-electron chi connectivity index (χ0n) is 23.8. The smallest absolute Gasteiger partial charge is 0.346 e. The summed E-state index contributed by atoms with van der Waals surface area (Å²) in [6, 6.07) is 19.7. The Bertz CT molecular complexity index is 1510. The average molecular weight is 587 g/mol. The molecule has 10 nitrogen and oxygen atoms in total. The third-order valence-corrected chi connectivity index (χ3v) is 8.42. The van der Waals surface area contributed by atoms with Crippen molar-refractivity contribution in [3.05, 3.63) is 106 Å². The summed E-state index contributed by atoms with van der Waals surface area (Å²) < 4.78 is 17.6. The molecule has 3 aliphatic rings. The van der Waals surface area contributed by atoms with Crippen LogP contribution in [0, 0.1) is 5.92 Å². The molecule has 5 unspecified atom stereocenters. The highest BCUT2D eigenvalue weighted by Crippen LogP contribution is 2.42. The predicted molar refractivity (Wildman–Crippen MR) is 154 cm³/mol. The maximum absolute atomic E-state index is 12.7. The minimum absolute atomic E-state index is 0.0250. The fourth-order valence-electron chi connectivity index (χ4n) is 5.86. The summed E-state index contributed by atoms with van der Waals surface area (Å²) in [4.78, 5) is 38.5. The number of cyclic esters (lactones) is 2. The second-order valence-corrected chi connectivity index (χ2v) is 11.4. The number of esters is 2. The molecule has 2 fully saturated rings. The van der Waals surface area contributed by atoms with E-state index in [2.05, 4.69) is 21.9 Å². The topological polar surface area (TPSA) is 135 Å². The van der Waals surface area contributed by atoms with E-state index >= 15 is 0 Å². The van der Waals surface area contributed by atoms with E-state index in [-0.39, 0.29) is 60.0 Å². The van der Waals surface area contributed by atoms with Gasteiger partial charge in [-0.2, -0.15) is 0 Å². The molecule has 224 valence electrons. The minimum atomic E-state index is -0.753. The van der Waals surface area contributed by atoms with Gasteiger partial charge in [-0.3, -0.25) is 9.69 Å². The number of carbonyl (C=O) groups is 3. The molecule has 3 aromatic rings. The number of hydrogen-bond acceptors (Lipinski definition) is 9. The maximum atomic E-state index is 12.7. The first-order chi connectivity index (χ1) is 20.8. The Morgan fingerprint density at radius 3 is 2.33 bits per heavy atom. The molecule has 0 saturated carbocycles. The molecule has 0 spiro atoms. The summed E-state index contributed by atoms with van der Waals surface area (Å²) in [5.74, 6) is -1.80. The highest BCUT2D eigenvalue weighted by Gasteiger charge is 2.40. The lowest BCUT2D eigenvalue weighted by atomic mass is 9.90. The predicted octanol–water partition coefficient (Wildman–Crippen LogP) is 3.28. The van der Waals surface area contributed by atoms with Crippen LogP contribution < -0.4 is 5.32 Å². The standard InChI is InChI=1S/C33H34N2O8/c1-19-28(17-35-13-12-25(37)16-35)41-33(42-29(19)22-6-4-21(18-36)5-7-22)23-8-2-20(3-9-23)15-34-30(38)24-10-11-26-27(14-24)32(40)43-31(26)39/h2-11,14,19,25,28-29,33,36-37H,12-13,15-18H2,1H3,(H,34,38). The second kappa shape index (κ2) is 12.4. The van der Waals surface area contributed by atoms with Crippen molar-refractivity contribution in [3.63, 3.8) is 0 Å². The minimum Gasteiger partial charge on any atom is -0.392 e. The van der Waals surface area contributed by atoms with Gasteiger partial charge in [-0.05, 0) is 41.3 Å². The third-order valence-electron chi connectivity index (χ3n) is 8.42. The van der Waals surface area contributed by atoms with E-state index in [1.807, 2.05) is 48.5 Å². The van der Waals surface area contributed by atoms with Crippen LogP contribution in [-0.2, 0) is 27.4 Å². The summed E-state index contributed by atoms with van der Waals surface area (Å²) in [7, 11) is 0. The monoisotopic (exact) mass is 586 g/mol. The Balaban J connectivity index is 1.14. The maximum Gasteiger partial charge on any atom is 0.346 e. The first kappa shape index (κ1) is 29.2. The Labute approximate surface area is 249 Å². The number of rotatable bonds is 8. The zero-order chi connectivity index (χ0) is 30.1. The highest BCUT2D eigenvalue weighted by molar-refractivity contribution is 6.15. The average Bonchev–Trinajstić information content (AvgIpc) is 3.57. The molecule has 3 heterocycles. The summed E-state index contributed by atoms with van der Waals surface area (Å²) in [6.07, 6.45) is -0.546. The number of β-amino-alcohol motifs (C(OH)–C–C–N with tert-alkyl or cyclic N) is 1. The molecule has 5 atom stereocenters. The molecule has 2 saturated heterocycles. The zero-order valence-corrected chi connectivity index (χ0v) is 23.8. The van der Waals surface area contributed by atoms with Gasteiger partial charge in [0.15, 0.2) is 6.29 Å². The molecular weight excluding hydrogens is 552 g/mol. The van der Waals surface area contributed by atoms with Crippen molar-refractivity contribution in [1.82, 2.24) is 10.2 Å². The third kappa shape index (κ3) is 6.24. The lowest BCUT2D eigenvalue weighted by Gasteiger charge is -2.42. The molecule has 43 heavy (non-hydrogen) atoms. The van der Waals surface area contributed by atoms with Crippen LogP contribution in [0.15, 0.2) is 66.7 Å². The van der Waals surface area contributed by atoms with Gasteiger partial charge in [0.1, 0.15) is 0 Å². The lowest BCUT2D eigenvalue weighted by Crippen LogP contribution is -2.44. The quantitative estimate of drug-likeness (QED) is 0.269. The van der Waals surface area contributed by atoms with Crippen LogP contribution in [0.5, 0.6) is 0 Å². The van der Waals surface area contributed by atoms with Crippen molar-refractivity contribution in [2.75, 3.05) is 19.6 Å². The van der Waals surface area contributed by atoms with Gasteiger partial charge in [-0.25, -0.2) is 9.59 Å². The molecule has 3 aromatic carbocycles. The largest absolute Gasteiger partial charge is 0.392 e. The van der Waals surface area contributed by atoms with Gasteiger partial charge in [0.2, 0.25) is 0 Å². The lowest BCUT2D eigenvalue weighted by molar-refractivity contribution is -0.276. The molecule has 1 amide bonds. The SMILES string of the molecule is CC1C(CN2CCC(O)C2)OC(c2ccc(CNC(=O)c3ccc4c(c3)C(=O)OC4=O)cc2)OC1c1ccc(CO)cc1. The van der Waals surface area contributed by atoms with Crippen LogP contribution in [0.2, 0.25) is 0 Å². The molecule has 0 aliphatic carbocycles. The Morgan fingerprint density at radius 2 is 1.63 bits per heavy atom. The summed E-state index contributed by atoms with van der Waals surface area (Å²) in [6.45, 7) is 4.48.